The molecule has 2 fully saturated rings. The van der Waals surface area contributed by atoms with Gasteiger partial charge in [-0.15, -0.1) is 0 Å². The Labute approximate surface area is 188 Å². The number of sulfone groups is 1. The van der Waals surface area contributed by atoms with Gasteiger partial charge in [-0.05, 0) is 67.5 Å². The number of hydrogen-bond acceptors (Lipinski definition) is 6. The first-order valence-electron chi connectivity index (χ1n) is 10.7. The molecule has 1 saturated heterocycles. The minimum absolute atomic E-state index is 0.0112. The number of nitrogens with zero attached hydrogens (tertiary/aromatic N) is 1. The predicted octanol–water partition coefficient (Wildman–Crippen LogP) is 2.91. The highest BCUT2D eigenvalue weighted by atomic mass is 32.2. The van der Waals surface area contributed by atoms with Crippen LogP contribution in [0.5, 0.6) is 0 Å². The number of fused-ring (bicyclic) bond motifs is 2. The van der Waals surface area contributed by atoms with E-state index in [0.29, 0.717) is 24.1 Å². The Bertz CT molecular complexity index is 1270. The number of benzene rings is 2. The second kappa shape index (κ2) is 7.31. The zero-order valence-corrected chi connectivity index (χ0v) is 19.4. The Hall–Kier alpha value is -2.39. The summed E-state index contributed by atoms with van der Waals surface area (Å²) in [5, 5.41) is 0. The van der Waals surface area contributed by atoms with Gasteiger partial charge in [-0.2, -0.15) is 0 Å². The van der Waals surface area contributed by atoms with Gasteiger partial charge in [0.15, 0.2) is 0 Å². The van der Waals surface area contributed by atoms with Crippen molar-refractivity contribution >= 4 is 31.5 Å². The van der Waals surface area contributed by atoms with Crippen molar-refractivity contribution in [2.45, 2.75) is 42.0 Å². The number of esters is 1. The monoisotopic (exact) mass is 475 g/mol. The predicted molar refractivity (Wildman–Crippen MR) is 120 cm³/mol. The molecule has 2 aliphatic heterocycles. The number of sulfonamides is 1. The summed E-state index contributed by atoms with van der Waals surface area (Å²) in [6.07, 6.45) is 2.49. The average molecular weight is 476 g/mol. The van der Waals surface area contributed by atoms with E-state index in [2.05, 4.69) is 0 Å². The summed E-state index contributed by atoms with van der Waals surface area (Å²) in [6, 6.07) is 12.9. The van der Waals surface area contributed by atoms with Crippen LogP contribution in [0.4, 0.5) is 5.69 Å². The zero-order chi connectivity index (χ0) is 22.7. The molecule has 3 aliphatic rings. The molecular formula is C23H25NO6S2. The Kier molecular flexibility index (Phi) is 4.90. The van der Waals surface area contributed by atoms with Crippen molar-refractivity contribution in [3.8, 4) is 0 Å². The molecule has 1 atom stereocenters. The van der Waals surface area contributed by atoms with Gasteiger partial charge in [0.1, 0.15) is 9.84 Å². The van der Waals surface area contributed by atoms with Gasteiger partial charge in [0.25, 0.3) is 10.0 Å². The maximum Gasteiger partial charge on any atom is 0.337 e. The van der Waals surface area contributed by atoms with Crippen LogP contribution in [-0.2, 0) is 30.0 Å². The van der Waals surface area contributed by atoms with Gasteiger partial charge in [0.2, 0.25) is 0 Å². The molecule has 7 nitrogen and oxygen atoms in total. The van der Waals surface area contributed by atoms with Crippen molar-refractivity contribution in [2.75, 3.05) is 22.9 Å². The van der Waals surface area contributed by atoms with Crippen LogP contribution in [0.3, 0.4) is 0 Å². The van der Waals surface area contributed by atoms with Gasteiger partial charge in [-0.1, -0.05) is 18.2 Å². The van der Waals surface area contributed by atoms with E-state index in [1.165, 1.54) is 11.4 Å². The molecule has 170 valence electrons. The summed E-state index contributed by atoms with van der Waals surface area (Å²) in [4.78, 5) is 12.5. The van der Waals surface area contributed by atoms with E-state index in [0.717, 1.165) is 18.4 Å². The number of carbonyl (C=O) groups excluding carboxylic acids is 1. The molecular weight excluding hydrogens is 450 g/mol. The lowest BCUT2D eigenvalue weighted by molar-refractivity contribution is 0.0600. The molecule has 0 bridgehead atoms. The van der Waals surface area contributed by atoms with Crippen molar-refractivity contribution in [3.05, 3.63) is 59.7 Å². The molecule has 9 heteroatoms. The fourth-order valence-electron chi connectivity index (χ4n) is 5.41. The molecule has 2 aromatic rings. The highest BCUT2D eigenvalue weighted by Gasteiger charge is 2.60. The number of rotatable bonds is 4. The third kappa shape index (κ3) is 3.25. The Morgan fingerprint density at radius 1 is 1.06 bits per heavy atom. The third-order valence-corrected chi connectivity index (χ3v) is 10.6. The van der Waals surface area contributed by atoms with E-state index < -0.39 is 31.2 Å². The second-order valence-electron chi connectivity index (χ2n) is 8.93. The van der Waals surface area contributed by atoms with Crippen LogP contribution in [0.25, 0.3) is 0 Å². The maximum atomic E-state index is 13.9. The molecule has 1 saturated carbocycles. The van der Waals surface area contributed by atoms with Gasteiger partial charge in [0, 0.05) is 5.41 Å². The highest BCUT2D eigenvalue weighted by molar-refractivity contribution is 7.93. The molecule has 1 spiro atoms. The van der Waals surface area contributed by atoms with E-state index >= 15 is 0 Å². The first kappa shape index (κ1) is 21.5. The van der Waals surface area contributed by atoms with Crippen LogP contribution in [0, 0.1) is 5.92 Å². The van der Waals surface area contributed by atoms with Crippen LogP contribution >= 0.6 is 0 Å². The standard InChI is InChI=1S/C23H25NO6S2/c1-30-22(25)17-9-10-20-19(15-17)23(11-13-31(26,27)14-12-23)21(16-7-8-16)24(20)32(28,29)18-5-3-2-4-6-18/h2-6,9-10,15-16,21H,7-8,11-14H2,1H3. The smallest absolute Gasteiger partial charge is 0.337 e. The molecule has 2 aromatic carbocycles. The SMILES string of the molecule is COC(=O)c1ccc2c(c1)C1(CCS(=O)(=O)CC1)C(C1CC1)N2S(=O)(=O)c1ccccc1. The summed E-state index contributed by atoms with van der Waals surface area (Å²) in [6.45, 7) is 0. The fourth-order valence-corrected chi connectivity index (χ4v) is 8.79. The van der Waals surface area contributed by atoms with Crippen molar-refractivity contribution in [2.24, 2.45) is 5.92 Å². The average Bonchev–Trinajstić information content (AvgIpc) is 3.59. The summed E-state index contributed by atoms with van der Waals surface area (Å²) in [7, 11) is -5.75. The molecule has 5 rings (SSSR count). The van der Waals surface area contributed by atoms with E-state index in [4.69, 9.17) is 4.74 Å². The first-order chi connectivity index (χ1) is 15.2. The number of carbonyl (C=O) groups is 1. The molecule has 0 aromatic heterocycles. The molecule has 0 radical (unpaired) electrons. The summed E-state index contributed by atoms with van der Waals surface area (Å²) >= 11 is 0. The molecule has 0 N–H and O–H groups in total. The van der Waals surface area contributed by atoms with Gasteiger partial charge in [-0.3, -0.25) is 4.31 Å². The Balaban J connectivity index is 1.73. The van der Waals surface area contributed by atoms with E-state index in [-0.39, 0.29) is 28.4 Å². The van der Waals surface area contributed by atoms with Crippen molar-refractivity contribution in [3.63, 3.8) is 0 Å². The number of anilines is 1. The fraction of sp³-hybridized carbons (Fsp3) is 0.435. The third-order valence-electron chi connectivity index (χ3n) is 7.10. The van der Waals surface area contributed by atoms with Crippen LogP contribution < -0.4 is 4.31 Å². The second-order valence-corrected chi connectivity index (χ2v) is 13.0. The van der Waals surface area contributed by atoms with Crippen LogP contribution in [0.1, 0.15) is 41.6 Å². The van der Waals surface area contributed by atoms with E-state index in [1.54, 1.807) is 48.5 Å². The first-order valence-corrected chi connectivity index (χ1v) is 14.0. The minimum Gasteiger partial charge on any atom is -0.465 e. The Morgan fingerprint density at radius 3 is 2.31 bits per heavy atom. The summed E-state index contributed by atoms with van der Waals surface area (Å²) in [5.74, 6) is -0.323. The van der Waals surface area contributed by atoms with Crippen molar-refractivity contribution in [1.29, 1.82) is 0 Å². The summed E-state index contributed by atoms with van der Waals surface area (Å²) < 4.78 is 58.8. The van der Waals surface area contributed by atoms with Crippen LogP contribution in [0.2, 0.25) is 0 Å². The van der Waals surface area contributed by atoms with Gasteiger partial charge in [-0.25, -0.2) is 21.6 Å². The molecule has 0 amide bonds. The number of hydrogen-bond donors (Lipinski definition) is 0. The zero-order valence-electron chi connectivity index (χ0n) is 17.7. The quantitative estimate of drug-likeness (QED) is 0.631. The molecule has 32 heavy (non-hydrogen) atoms. The number of ether oxygens (including phenoxy) is 1. The van der Waals surface area contributed by atoms with Crippen molar-refractivity contribution in [1.82, 2.24) is 0 Å². The van der Waals surface area contributed by atoms with E-state index in [1.807, 2.05) is 0 Å². The van der Waals surface area contributed by atoms with Crippen LogP contribution in [-0.4, -0.2) is 47.5 Å². The summed E-state index contributed by atoms with van der Waals surface area (Å²) in [5.41, 5.74) is 0.977. The largest absolute Gasteiger partial charge is 0.465 e. The normalized spacial score (nSPS) is 23.7. The Morgan fingerprint density at radius 2 is 1.72 bits per heavy atom. The molecule has 1 unspecified atom stereocenters. The minimum atomic E-state index is -3.88. The number of methoxy groups -OCH3 is 1. The van der Waals surface area contributed by atoms with E-state index in [9.17, 15) is 21.6 Å². The lowest BCUT2D eigenvalue weighted by Gasteiger charge is -2.41. The molecule has 1 aliphatic carbocycles. The van der Waals surface area contributed by atoms with Crippen LogP contribution in [0.15, 0.2) is 53.4 Å². The topological polar surface area (TPSA) is 97.8 Å². The highest BCUT2D eigenvalue weighted by Crippen LogP contribution is 2.59. The van der Waals surface area contributed by atoms with Gasteiger partial charge >= 0.3 is 5.97 Å². The maximum absolute atomic E-state index is 13.9. The van der Waals surface area contributed by atoms with Gasteiger partial charge < -0.3 is 4.74 Å². The lowest BCUT2D eigenvalue weighted by Crippen LogP contribution is -2.52. The van der Waals surface area contributed by atoms with Gasteiger partial charge in [0.05, 0.1) is 40.8 Å². The lowest BCUT2D eigenvalue weighted by atomic mass is 9.70. The molecule has 2 heterocycles. The van der Waals surface area contributed by atoms with Crippen molar-refractivity contribution < 1.29 is 26.4 Å².